The summed E-state index contributed by atoms with van der Waals surface area (Å²) in [5.41, 5.74) is 0. The molecule has 1 aliphatic rings. The van der Waals surface area contributed by atoms with Crippen LogP contribution in [-0.4, -0.2) is 36.9 Å². The lowest BCUT2D eigenvalue weighted by Gasteiger charge is -2.28. The van der Waals surface area contributed by atoms with E-state index in [1.165, 1.54) is 7.11 Å². The van der Waals surface area contributed by atoms with Gasteiger partial charge < -0.3 is 9.64 Å². The molecule has 1 N–H and O–H groups in total. The van der Waals surface area contributed by atoms with Gasteiger partial charge in [0.2, 0.25) is 0 Å². The van der Waals surface area contributed by atoms with Gasteiger partial charge in [-0.15, -0.1) is 0 Å². The van der Waals surface area contributed by atoms with Crippen LogP contribution in [0.4, 0.5) is 0 Å². The summed E-state index contributed by atoms with van der Waals surface area (Å²) >= 11 is 0. The van der Waals surface area contributed by atoms with Crippen LogP contribution in [0, 0.1) is 5.41 Å². The maximum atomic E-state index is 10.8. The summed E-state index contributed by atoms with van der Waals surface area (Å²) < 4.78 is 4.54. The van der Waals surface area contributed by atoms with E-state index in [1.807, 2.05) is 4.90 Å². The van der Waals surface area contributed by atoms with Gasteiger partial charge in [-0.05, 0) is 12.8 Å². The average Bonchev–Trinajstić information content (AvgIpc) is 2.16. The van der Waals surface area contributed by atoms with E-state index >= 15 is 0 Å². The molecule has 0 aliphatic carbocycles. The minimum Gasteiger partial charge on any atom is -0.469 e. The van der Waals surface area contributed by atoms with Crippen LogP contribution < -0.4 is 0 Å². The summed E-state index contributed by atoms with van der Waals surface area (Å²) in [5.74, 6) is 0.466. The van der Waals surface area contributed by atoms with Gasteiger partial charge in [-0.25, -0.2) is 0 Å². The highest BCUT2D eigenvalue weighted by atomic mass is 16.5. The van der Waals surface area contributed by atoms with Crippen LogP contribution in [0.3, 0.4) is 0 Å². The number of nitrogens with zero attached hydrogens (tertiary/aromatic N) is 1. The number of methoxy groups -OCH3 is 1. The molecule has 74 valence electrons. The van der Waals surface area contributed by atoms with Crippen molar-refractivity contribution in [3.8, 4) is 0 Å². The van der Waals surface area contributed by atoms with Gasteiger partial charge in [0.15, 0.2) is 0 Å². The monoisotopic (exact) mass is 184 g/mol. The van der Waals surface area contributed by atoms with E-state index in [0.29, 0.717) is 18.8 Å². The Hall–Kier alpha value is -1.06. The number of ether oxygens (including phenoxy) is 1. The van der Waals surface area contributed by atoms with Gasteiger partial charge in [-0.2, -0.15) is 0 Å². The van der Waals surface area contributed by atoms with Crippen LogP contribution in [0.1, 0.15) is 25.7 Å². The molecule has 1 rings (SSSR count). The quantitative estimate of drug-likeness (QED) is 0.666. The number of nitrogens with one attached hydrogen (secondary N) is 1. The van der Waals surface area contributed by atoms with Crippen molar-refractivity contribution in [3.63, 3.8) is 0 Å². The first-order chi connectivity index (χ1) is 6.24. The summed E-state index contributed by atoms with van der Waals surface area (Å²) in [7, 11) is 1.39. The predicted octanol–water partition coefficient (Wildman–Crippen LogP) is 1.01. The summed E-state index contributed by atoms with van der Waals surface area (Å²) in [6.45, 7) is 1.54. The van der Waals surface area contributed by atoms with Crippen molar-refractivity contribution in [2.45, 2.75) is 25.7 Å². The van der Waals surface area contributed by atoms with Gasteiger partial charge >= 0.3 is 5.97 Å². The molecule has 1 aliphatic heterocycles. The van der Waals surface area contributed by atoms with Crippen LogP contribution >= 0.6 is 0 Å². The second kappa shape index (κ2) is 4.84. The molecule has 1 heterocycles. The Morgan fingerprint density at radius 1 is 1.62 bits per heavy atom. The fourth-order valence-electron chi connectivity index (χ4n) is 1.46. The minimum atomic E-state index is -0.196. The van der Waals surface area contributed by atoms with Crippen LogP contribution in [-0.2, 0) is 9.53 Å². The summed E-state index contributed by atoms with van der Waals surface area (Å²) in [6, 6.07) is 0. The summed E-state index contributed by atoms with van der Waals surface area (Å²) in [4.78, 5) is 12.8. The number of carbonyl (C=O) groups is 1. The Bertz CT molecular complexity index is 204. The molecule has 4 heteroatoms. The molecule has 0 bridgehead atoms. The predicted molar refractivity (Wildman–Crippen MR) is 49.8 cm³/mol. The molecule has 1 fully saturated rings. The molecule has 0 radical (unpaired) electrons. The molecule has 0 spiro atoms. The minimum absolute atomic E-state index is 0.196. The Labute approximate surface area is 78.4 Å². The summed E-state index contributed by atoms with van der Waals surface area (Å²) in [5, 5.41) is 7.62. The van der Waals surface area contributed by atoms with E-state index in [-0.39, 0.29) is 5.97 Å². The number of hydrogen-bond donors (Lipinski definition) is 1. The first-order valence-corrected chi connectivity index (χ1v) is 4.63. The zero-order chi connectivity index (χ0) is 9.68. The molecule has 0 atom stereocenters. The summed E-state index contributed by atoms with van der Waals surface area (Å²) in [6.07, 6.45) is 3.47. The smallest absolute Gasteiger partial charge is 0.307 e. The van der Waals surface area contributed by atoms with Crippen molar-refractivity contribution >= 4 is 11.8 Å². The molecule has 13 heavy (non-hydrogen) atoms. The molecule has 4 nitrogen and oxygen atoms in total. The highest BCUT2D eigenvalue weighted by Crippen LogP contribution is 2.10. The zero-order valence-corrected chi connectivity index (χ0v) is 8.01. The van der Waals surface area contributed by atoms with E-state index in [2.05, 4.69) is 4.74 Å². The van der Waals surface area contributed by atoms with Crippen LogP contribution in [0.25, 0.3) is 0 Å². The fourth-order valence-corrected chi connectivity index (χ4v) is 1.46. The molecular formula is C9H16N2O2. The van der Waals surface area contributed by atoms with E-state index < -0.39 is 0 Å². The van der Waals surface area contributed by atoms with E-state index in [1.54, 1.807) is 0 Å². The van der Waals surface area contributed by atoms with Gasteiger partial charge in [-0.1, -0.05) is 0 Å². The van der Waals surface area contributed by atoms with Crippen molar-refractivity contribution in [2.24, 2.45) is 0 Å². The molecule has 0 aromatic carbocycles. The van der Waals surface area contributed by atoms with Crippen molar-refractivity contribution in [1.29, 1.82) is 5.41 Å². The Morgan fingerprint density at radius 2 is 2.38 bits per heavy atom. The number of carbonyl (C=O) groups excluding carboxylic acids is 1. The van der Waals surface area contributed by atoms with E-state index in [4.69, 9.17) is 5.41 Å². The number of rotatable bonds is 3. The average molecular weight is 184 g/mol. The lowest BCUT2D eigenvalue weighted by Crippen LogP contribution is -2.36. The van der Waals surface area contributed by atoms with E-state index in [0.717, 1.165) is 25.8 Å². The Morgan fingerprint density at radius 3 is 3.00 bits per heavy atom. The molecule has 0 aromatic rings. The van der Waals surface area contributed by atoms with Gasteiger partial charge in [0.25, 0.3) is 0 Å². The SMILES string of the molecule is COC(=O)CCN1CCCCC1=N. The fraction of sp³-hybridized carbons (Fsp3) is 0.778. The lowest BCUT2D eigenvalue weighted by molar-refractivity contribution is -0.140. The molecule has 1 saturated heterocycles. The first-order valence-electron chi connectivity index (χ1n) is 4.63. The van der Waals surface area contributed by atoms with Gasteiger partial charge in [-0.3, -0.25) is 10.2 Å². The standard InChI is InChI=1S/C9H16N2O2/c1-13-9(12)5-7-11-6-3-2-4-8(11)10/h10H,2-7H2,1H3. The van der Waals surface area contributed by atoms with Crippen molar-refractivity contribution in [1.82, 2.24) is 4.90 Å². The van der Waals surface area contributed by atoms with Gasteiger partial charge in [0.1, 0.15) is 0 Å². The van der Waals surface area contributed by atoms with Gasteiger partial charge in [0, 0.05) is 19.5 Å². The van der Waals surface area contributed by atoms with Crippen LogP contribution in [0.2, 0.25) is 0 Å². The third kappa shape index (κ3) is 3.05. The Balaban J connectivity index is 2.26. The van der Waals surface area contributed by atoms with Gasteiger partial charge in [0.05, 0.1) is 19.4 Å². The number of amidine groups is 1. The highest BCUT2D eigenvalue weighted by molar-refractivity contribution is 5.80. The largest absolute Gasteiger partial charge is 0.469 e. The molecule has 0 amide bonds. The van der Waals surface area contributed by atoms with Crippen molar-refractivity contribution in [3.05, 3.63) is 0 Å². The van der Waals surface area contributed by atoms with Crippen LogP contribution in [0.5, 0.6) is 0 Å². The highest BCUT2D eigenvalue weighted by Gasteiger charge is 2.15. The second-order valence-electron chi connectivity index (χ2n) is 3.22. The van der Waals surface area contributed by atoms with Crippen LogP contribution in [0.15, 0.2) is 0 Å². The second-order valence-corrected chi connectivity index (χ2v) is 3.22. The third-order valence-electron chi connectivity index (χ3n) is 2.29. The Kier molecular flexibility index (Phi) is 3.73. The molecule has 0 saturated carbocycles. The number of likely N-dealkylation sites (tertiary alicyclic amines) is 1. The maximum absolute atomic E-state index is 10.8. The number of hydrogen-bond acceptors (Lipinski definition) is 3. The molecular weight excluding hydrogens is 168 g/mol. The maximum Gasteiger partial charge on any atom is 0.307 e. The van der Waals surface area contributed by atoms with Crippen molar-refractivity contribution < 1.29 is 9.53 Å². The molecule has 0 aromatic heterocycles. The lowest BCUT2D eigenvalue weighted by atomic mass is 10.1. The topological polar surface area (TPSA) is 53.4 Å². The first kappa shape index (κ1) is 10.0. The number of piperidine rings is 1. The zero-order valence-electron chi connectivity index (χ0n) is 8.01. The van der Waals surface area contributed by atoms with E-state index in [9.17, 15) is 4.79 Å². The number of esters is 1. The normalized spacial score (nSPS) is 17.3. The van der Waals surface area contributed by atoms with Crippen molar-refractivity contribution in [2.75, 3.05) is 20.2 Å². The third-order valence-corrected chi connectivity index (χ3v) is 2.29. The molecule has 0 unspecified atom stereocenters.